The van der Waals surface area contributed by atoms with E-state index in [0.717, 1.165) is 18.2 Å². The van der Waals surface area contributed by atoms with Crippen molar-refractivity contribution in [1.29, 1.82) is 0 Å². The molecule has 0 bridgehead atoms. The summed E-state index contributed by atoms with van der Waals surface area (Å²) < 4.78 is 26.4. The summed E-state index contributed by atoms with van der Waals surface area (Å²) in [5.74, 6) is -1.59. The van der Waals surface area contributed by atoms with Crippen molar-refractivity contribution in [2.75, 3.05) is 0 Å². The molecule has 0 atom stereocenters. The zero-order valence-corrected chi connectivity index (χ0v) is 11.1. The minimum atomic E-state index is -0.622. The number of carbonyl (C=O) groups excluding carboxylic acids is 1. The highest BCUT2D eigenvalue weighted by atomic mass is 35.5. The molecule has 0 unspecified atom stereocenters. The van der Waals surface area contributed by atoms with E-state index in [0.29, 0.717) is 10.0 Å². The zero-order chi connectivity index (χ0) is 14.0. The minimum absolute atomic E-state index is 0.00102. The lowest BCUT2D eigenvalue weighted by atomic mass is 10.0. The maximum Gasteiger partial charge on any atom is 0.167 e. The predicted octanol–water partition coefficient (Wildman–Crippen LogP) is 4.70. The first-order valence-corrected chi connectivity index (χ1v) is 6.14. The Hall–Kier alpha value is -1.45. The minimum Gasteiger partial charge on any atom is -0.294 e. The van der Waals surface area contributed by atoms with Crippen molar-refractivity contribution >= 4 is 29.0 Å². The van der Waals surface area contributed by atoms with Crippen LogP contribution in [0.5, 0.6) is 0 Å². The van der Waals surface area contributed by atoms with Crippen LogP contribution in [-0.4, -0.2) is 5.78 Å². The summed E-state index contributed by atoms with van der Waals surface area (Å²) in [4.78, 5) is 12.0. The van der Waals surface area contributed by atoms with Gasteiger partial charge in [0.1, 0.15) is 11.6 Å². The average molecular weight is 301 g/mol. The molecule has 2 rings (SSSR count). The number of rotatable bonds is 3. The standard InChI is InChI=1S/C14H8Cl2F2O/c15-10-3-9(4-11(16)7-10)14(19)6-8-5-12(17)1-2-13(8)18/h1-5,7H,6H2. The highest BCUT2D eigenvalue weighted by molar-refractivity contribution is 6.35. The lowest BCUT2D eigenvalue weighted by Gasteiger charge is -2.04. The van der Waals surface area contributed by atoms with Gasteiger partial charge in [-0.1, -0.05) is 23.2 Å². The Kier molecular flexibility index (Phi) is 4.17. The lowest BCUT2D eigenvalue weighted by Crippen LogP contribution is -2.05. The summed E-state index contributed by atoms with van der Waals surface area (Å²) in [6.07, 6.45) is -0.250. The molecule has 0 aliphatic heterocycles. The Bertz CT molecular complexity index is 621. The van der Waals surface area contributed by atoms with Gasteiger partial charge in [0.25, 0.3) is 0 Å². The molecule has 2 aromatic carbocycles. The van der Waals surface area contributed by atoms with E-state index >= 15 is 0 Å². The summed E-state index contributed by atoms with van der Waals surface area (Å²) in [6, 6.07) is 7.35. The second-order valence-corrected chi connectivity index (χ2v) is 4.87. The number of hydrogen-bond acceptors (Lipinski definition) is 1. The molecule has 0 aliphatic rings. The monoisotopic (exact) mass is 300 g/mol. The van der Waals surface area contributed by atoms with Crippen LogP contribution >= 0.6 is 23.2 Å². The summed E-state index contributed by atoms with van der Waals surface area (Å²) in [6.45, 7) is 0. The molecule has 19 heavy (non-hydrogen) atoms. The first kappa shape index (κ1) is 14.0. The van der Waals surface area contributed by atoms with E-state index in [1.54, 1.807) is 0 Å². The third kappa shape index (κ3) is 3.52. The molecule has 0 saturated heterocycles. The van der Waals surface area contributed by atoms with Gasteiger partial charge in [-0.3, -0.25) is 4.79 Å². The number of halogens is 4. The normalized spacial score (nSPS) is 10.5. The lowest BCUT2D eigenvalue weighted by molar-refractivity contribution is 0.0992. The van der Waals surface area contributed by atoms with Gasteiger partial charge < -0.3 is 0 Å². The van der Waals surface area contributed by atoms with Crippen LogP contribution in [0.3, 0.4) is 0 Å². The Balaban J connectivity index is 2.28. The van der Waals surface area contributed by atoms with Gasteiger partial charge in [0, 0.05) is 22.0 Å². The molecule has 0 fully saturated rings. The molecule has 2 aromatic rings. The summed E-state index contributed by atoms with van der Waals surface area (Å²) >= 11 is 11.6. The second-order valence-electron chi connectivity index (χ2n) is 3.99. The maximum atomic E-state index is 13.4. The Morgan fingerprint density at radius 3 is 2.26 bits per heavy atom. The van der Waals surface area contributed by atoms with Crippen molar-refractivity contribution < 1.29 is 13.6 Å². The number of benzene rings is 2. The van der Waals surface area contributed by atoms with Crippen LogP contribution in [0.25, 0.3) is 0 Å². The van der Waals surface area contributed by atoms with E-state index < -0.39 is 11.6 Å². The highest BCUT2D eigenvalue weighted by Crippen LogP contribution is 2.21. The van der Waals surface area contributed by atoms with Crippen LogP contribution in [-0.2, 0) is 6.42 Å². The van der Waals surface area contributed by atoms with Crippen molar-refractivity contribution in [3.05, 3.63) is 69.2 Å². The third-order valence-electron chi connectivity index (χ3n) is 2.54. The fraction of sp³-hybridized carbons (Fsp3) is 0.0714. The van der Waals surface area contributed by atoms with Crippen LogP contribution < -0.4 is 0 Å². The third-order valence-corrected chi connectivity index (χ3v) is 2.98. The van der Waals surface area contributed by atoms with Crippen LogP contribution in [0.2, 0.25) is 10.0 Å². The van der Waals surface area contributed by atoms with Gasteiger partial charge in [0.2, 0.25) is 0 Å². The summed E-state index contributed by atoms with van der Waals surface area (Å²) in [7, 11) is 0. The average Bonchev–Trinajstić information content (AvgIpc) is 2.32. The van der Waals surface area contributed by atoms with Crippen molar-refractivity contribution in [2.45, 2.75) is 6.42 Å². The van der Waals surface area contributed by atoms with Gasteiger partial charge in [-0.15, -0.1) is 0 Å². The number of carbonyl (C=O) groups is 1. The van der Waals surface area contributed by atoms with Crippen molar-refractivity contribution in [2.24, 2.45) is 0 Å². The molecule has 0 spiro atoms. The topological polar surface area (TPSA) is 17.1 Å². The molecule has 0 amide bonds. The molecule has 0 aromatic heterocycles. The predicted molar refractivity (Wildman–Crippen MR) is 70.9 cm³/mol. The molecule has 0 aliphatic carbocycles. The van der Waals surface area contributed by atoms with E-state index in [4.69, 9.17) is 23.2 Å². The van der Waals surface area contributed by atoms with Gasteiger partial charge in [-0.2, -0.15) is 0 Å². The van der Waals surface area contributed by atoms with Crippen LogP contribution in [0.15, 0.2) is 36.4 Å². The summed E-state index contributed by atoms with van der Waals surface area (Å²) in [5.41, 5.74) is 0.266. The molecule has 0 heterocycles. The maximum absolute atomic E-state index is 13.4. The second kappa shape index (κ2) is 5.68. The number of Topliss-reactive ketones (excluding diaryl/α,β-unsaturated/α-hetero) is 1. The largest absolute Gasteiger partial charge is 0.294 e. The molecular formula is C14H8Cl2F2O. The van der Waals surface area contributed by atoms with Gasteiger partial charge >= 0.3 is 0 Å². The SMILES string of the molecule is O=C(Cc1cc(F)ccc1F)c1cc(Cl)cc(Cl)c1. The Morgan fingerprint density at radius 1 is 1.00 bits per heavy atom. The molecule has 1 nitrogen and oxygen atoms in total. The van der Waals surface area contributed by atoms with Gasteiger partial charge in [0.15, 0.2) is 5.78 Å². The highest BCUT2D eigenvalue weighted by Gasteiger charge is 2.12. The molecule has 0 radical (unpaired) electrons. The molecule has 0 N–H and O–H groups in total. The van der Waals surface area contributed by atoms with Gasteiger partial charge in [-0.05, 0) is 42.0 Å². The van der Waals surface area contributed by atoms with Crippen molar-refractivity contribution in [3.63, 3.8) is 0 Å². The molecule has 5 heteroatoms. The number of hydrogen-bond donors (Lipinski definition) is 0. The quantitative estimate of drug-likeness (QED) is 0.751. The summed E-state index contributed by atoms with van der Waals surface area (Å²) in [5, 5.41) is 0.631. The van der Waals surface area contributed by atoms with Crippen LogP contribution in [0.1, 0.15) is 15.9 Å². The van der Waals surface area contributed by atoms with E-state index in [9.17, 15) is 13.6 Å². The van der Waals surface area contributed by atoms with Crippen molar-refractivity contribution in [3.8, 4) is 0 Å². The molecule has 98 valence electrons. The Morgan fingerprint density at radius 2 is 1.63 bits per heavy atom. The Labute approximate surface area is 118 Å². The smallest absolute Gasteiger partial charge is 0.167 e. The van der Waals surface area contributed by atoms with Crippen molar-refractivity contribution in [1.82, 2.24) is 0 Å². The van der Waals surface area contributed by atoms with Gasteiger partial charge in [-0.25, -0.2) is 8.78 Å². The van der Waals surface area contributed by atoms with Gasteiger partial charge in [0.05, 0.1) is 0 Å². The fourth-order valence-electron chi connectivity index (χ4n) is 1.67. The van der Waals surface area contributed by atoms with E-state index in [1.165, 1.54) is 18.2 Å². The zero-order valence-electron chi connectivity index (χ0n) is 9.59. The first-order valence-electron chi connectivity index (χ1n) is 5.39. The van der Waals surface area contributed by atoms with E-state index in [1.807, 2.05) is 0 Å². The molecular weight excluding hydrogens is 293 g/mol. The van der Waals surface area contributed by atoms with E-state index in [-0.39, 0.29) is 23.3 Å². The fourth-order valence-corrected chi connectivity index (χ4v) is 2.19. The first-order chi connectivity index (χ1) is 8.95. The van der Waals surface area contributed by atoms with Crippen LogP contribution in [0.4, 0.5) is 8.78 Å². The van der Waals surface area contributed by atoms with Crippen LogP contribution in [0, 0.1) is 11.6 Å². The number of ketones is 1. The molecule has 0 saturated carbocycles. The van der Waals surface area contributed by atoms with E-state index in [2.05, 4.69) is 0 Å².